The van der Waals surface area contributed by atoms with E-state index in [1.54, 1.807) is 7.05 Å². The number of hydrogen-bond donors (Lipinski definition) is 4. The predicted octanol–water partition coefficient (Wildman–Crippen LogP) is 0.906. The van der Waals surface area contributed by atoms with Gasteiger partial charge in [0.05, 0.1) is 11.4 Å². The SMILES string of the molecule is C=CC(O)N/C(=C\C)c1cc(NC)n[nH]1. The Kier molecular flexibility index (Phi) is 3.93. The molecule has 1 unspecified atom stereocenters. The summed E-state index contributed by atoms with van der Waals surface area (Å²) in [4.78, 5) is 0. The second kappa shape index (κ2) is 5.21. The summed E-state index contributed by atoms with van der Waals surface area (Å²) in [5, 5.41) is 22.0. The van der Waals surface area contributed by atoms with Crippen LogP contribution in [0.5, 0.6) is 0 Å². The average molecular weight is 208 g/mol. The number of hydrogen-bond acceptors (Lipinski definition) is 4. The lowest BCUT2D eigenvalue weighted by Crippen LogP contribution is -2.24. The molecule has 0 radical (unpaired) electrons. The number of nitrogens with one attached hydrogen (secondary N) is 3. The van der Waals surface area contributed by atoms with Crippen LogP contribution in [0.2, 0.25) is 0 Å². The molecular weight excluding hydrogens is 192 g/mol. The lowest BCUT2D eigenvalue weighted by Gasteiger charge is -2.11. The summed E-state index contributed by atoms with van der Waals surface area (Å²) in [5.41, 5.74) is 1.58. The van der Waals surface area contributed by atoms with Gasteiger partial charge in [-0.15, -0.1) is 0 Å². The van der Waals surface area contributed by atoms with E-state index in [9.17, 15) is 5.11 Å². The second-order valence-corrected chi connectivity index (χ2v) is 2.94. The third-order valence-corrected chi connectivity index (χ3v) is 1.94. The number of anilines is 1. The first kappa shape index (κ1) is 11.3. The number of nitrogens with zero attached hydrogens (tertiary/aromatic N) is 1. The van der Waals surface area contributed by atoms with Crippen LogP contribution < -0.4 is 10.6 Å². The number of aromatic nitrogens is 2. The van der Waals surface area contributed by atoms with Crippen molar-refractivity contribution >= 4 is 11.5 Å². The van der Waals surface area contributed by atoms with Gasteiger partial charge in [0.2, 0.25) is 0 Å². The van der Waals surface area contributed by atoms with Gasteiger partial charge in [0.15, 0.2) is 0 Å². The zero-order valence-electron chi connectivity index (χ0n) is 8.91. The summed E-state index contributed by atoms with van der Waals surface area (Å²) in [5.74, 6) is 0.749. The molecule has 1 heterocycles. The molecule has 0 fully saturated rings. The van der Waals surface area contributed by atoms with Crippen LogP contribution in [0.3, 0.4) is 0 Å². The molecule has 5 heteroatoms. The summed E-state index contributed by atoms with van der Waals surface area (Å²) in [6, 6.07) is 1.85. The van der Waals surface area contributed by atoms with Gasteiger partial charge in [0, 0.05) is 13.1 Å². The Morgan fingerprint density at radius 1 is 1.73 bits per heavy atom. The molecule has 0 aromatic carbocycles. The molecule has 0 aliphatic carbocycles. The van der Waals surface area contributed by atoms with Gasteiger partial charge in [-0.05, 0) is 13.0 Å². The fourth-order valence-electron chi connectivity index (χ4n) is 1.12. The van der Waals surface area contributed by atoms with Crippen molar-refractivity contribution in [3.05, 3.63) is 30.5 Å². The van der Waals surface area contributed by atoms with E-state index in [0.29, 0.717) is 0 Å². The van der Waals surface area contributed by atoms with Crippen molar-refractivity contribution < 1.29 is 5.11 Å². The third-order valence-electron chi connectivity index (χ3n) is 1.94. The van der Waals surface area contributed by atoms with Gasteiger partial charge in [-0.2, -0.15) is 5.10 Å². The number of rotatable bonds is 5. The fraction of sp³-hybridized carbons (Fsp3) is 0.300. The van der Waals surface area contributed by atoms with E-state index < -0.39 is 6.23 Å². The van der Waals surface area contributed by atoms with E-state index >= 15 is 0 Å². The minimum absolute atomic E-state index is 0.749. The molecule has 1 aromatic heterocycles. The van der Waals surface area contributed by atoms with Crippen molar-refractivity contribution in [2.75, 3.05) is 12.4 Å². The predicted molar refractivity (Wildman–Crippen MR) is 61.1 cm³/mol. The Hall–Kier alpha value is -1.75. The minimum atomic E-state index is -0.766. The van der Waals surface area contributed by atoms with Crippen LogP contribution in [0, 0.1) is 0 Å². The van der Waals surface area contributed by atoms with Gasteiger partial charge in [-0.3, -0.25) is 5.10 Å². The molecule has 1 aromatic rings. The summed E-state index contributed by atoms with van der Waals surface area (Å²) in [7, 11) is 1.79. The highest BCUT2D eigenvalue weighted by atomic mass is 16.3. The van der Waals surface area contributed by atoms with E-state index in [2.05, 4.69) is 27.4 Å². The quantitative estimate of drug-likeness (QED) is 0.428. The van der Waals surface area contributed by atoms with E-state index in [1.165, 1.54) is 6.08 Å². The zero-order valence-corrected chi connectivity index (χ0v) is 8.91. The lowest BCUT2D eigenvalue weighted by atomic mass is 10.3. The van der Waals surface area contributed by atoms with Gasteiger partial charge in [0.1, 0.15) is 12.0 Å². The first-order valence-electron chi connectivity index (χ1n) is 4.68. The maximum Gasteiger partial charge on any atom is 0.148 e. The Morgan fingerprint density at radius 3 is 2.93 bits per heavy atom. The Labute approximate surface area is 88.9 Å². The second-order valence-electron chi connectivity index (χ2n) is 2.94. The van der Waals surface area contributed by atoms with E-state index in [0.717, 1.165) is 17.2 Å². The normalized spacial score (nSPS) is 13.4. The number of H-pyrrole nitrogens is 1. The van der Waals surface area contributed by atoms with Crippen molar-refractivity contribution in [3.8, 4) is 0 Å². The van der Waals surface area contributed by atoms with Gasteiger partial charge < -0.3 is 15.7 Å². The largest absolute Gasteiger partial charge is 0.372 e. The van der Waals surface area contributed by atoms with Gasteiger partial charge >= 0.3 is 0 Å². The highest BCUT2D eigenvalue weighted by molar-refractivity contribution is 5.63. The molecule has 82 valence electrons. The molecule has 5 nitrogen and oxygen atoms in total. The van der Waals surface area contributed by atoms with E-state index in [-0.39, 0.29) is 0 Å². The molecule has 4 N–H and O–H groups in total. The van der Waals surface area contributed by atoms with Crippen LogP contribution in [0.4, 0.5) is 5.82 Å². The molecule has 0 aliphatic heterocycles. The summed E-state index contributed by atoms with van der Waals surface area (Å²) >= 11 is 0. The van der Waals surface area contributed by atoms with E-state index in [1.807, 2.05) is 19.1 Å². The smallest absolute Gasteiger partial charge is 0.148 e. The molecule has 1 rings (SSSR count). The third kappa shape index (κ3) is 2.85. The van der Waals surface area contributed by atoms with Crippen molar-refractivity contribution in [1.29, 1.82) is 0 Å². The Morgan fingerprint density at radius 2 is 2.47 bits per heavy atom. The maximum atomic E-state index is 9.36. The highest BCUT2D eigenvalue weighted by Crippen LogP contribution is 2.12. The molecule has 0 saturated carbocycles. The molecule has 0 aliphatic rings. The molecule has 0 saturated heterocycles. The van der Waals surface area contributed by atoms with Gasteiger partial charge in [-0.25, -0.2) is 0 Å². The van der Waals surface area contributed by atoms with Crippen molar-refractivity contribution in [1.82, 2.24) is 15.5 Å². The monoisotopic (exact) mass is 208 g/mol. The van der Waals surface area contributed by atoms with Crippen LogP contribution in [0.1, 0.15) is 12.6 Å². The van der Waals surface area contributed by atoms with Crippen LogP contribution in [-0.2, 0) is 0 Å². The van der Waals surface area contributed by atoms with Crippen LogP contribution in [0.25, 0.3) is 5.70 Å². The van der Waals surface area contributed by atoms with Crippen LogP contribution >= 0.6 is 0 Å². The zero-order chi connectivity index (χ0) is 11.3. The maximum absolute atomic E-state index is 9.36. The van der Waals surface area contributed by atoms with Gasteiger partial charge in [-0.1, -0.05) is 12.7 Å². The van der Waals surface area contributed by atoms with Gasteiger partial charge in [0.25, 0.3) is 0 Å². The van der Waals surface area contributed by atoms with Crippen LogP contribution in [-0.4, -0.2) is 28.6 Å². The molecular formula is C10H16N4O. The Balaban J connectivity index is 2.79. The molecule has 15 heavy (non-hydrogen) atoms. The van der Waals surface area contributed by atoms with E-state index in [4.69, 9.17) is 0 Å². The van der Waals surface area contributed by atoms with Crippen molar-refractivity contribution in [2.45, 2.75) is 13.2 Å². The molecule has 0 bridgehead atoms. The highest BCUT2D eigenvalue weighted by Gasteiger charge is 2.06. The standard InChI is InChI=1S/C10H16N4O/c1-4-7(12-10(15)5-2)8-6-9(11-3)14-13-8/h4-6,10,12,15H,2H2,1,3H3,(H2,11,13,14)/b7-4-. The first-order valence-corrected chi connectivity index (χ1v) is 4.68. The molecule has 1 atom stereocenters. The topological polar surface area (TPSA) is 73.0 Å². The summed E-state index contributed by atoms with van der Waals surface area (Å²) in [6.07, 6.45) is 2.50. The van der Waals surface area contributed by atoms with Crippen LogP contribution in [0.15, 0.2) is 24.8 Å². The average Bonchev–Trinajstić information content (AvgIpc) is 2.73. The number of allylic oxidation sites excluding steroid dienone is 1. The number of aliphatic hydroxyl groups excluding tert-OH is 1. The lowest BCUT2D eigenvalue weighted by molar-refractivity contribution is 0.206. The minimum Gasteiger partial charge on any atom is -0.372 e. The van der Waals surface area contributed by atoms with Crippen molar-refractivity contribution in [3.63, 3.8) is 0 Å². The molecule has 0 spiro atoms. The Bertz CT molecular complexity index is 356. The van der Waals surface area contributed by atoms with Crippen molar-refractivity contribution in [2.24, 2.45) is 0 Å². The number of aromatic amines is 1. The fourth-order valence-corrected chi connectivity index (χ4v) is 1.12. The summed E-state index contributed by atoms with van der Waals surface area (Å²) in [6.45, 7) is 5.36. The molecule has 0 amide bonds. The summed E-state index contributed by atoms with van der Waals surface area (Å²) < 4.78 is 0. The number of aliphatic hydroxyl groups is 1. The first-order chi connectivity index (χ1) is 7.21.